The minimum absolute atomic E-state index is 0. The Hall–Kier alpha value is -0.0805. The molecule has 0 spiro atoms. The summed E-state index contributed by atoms with van der Waals surface area (Å²) in [5.74, 6) is 0. The first-order chi connectivity index (χ1) is 1.73. The number of hydrogen-bond donors (Lipinski definition) is 2. The zero-order valence-electron chi connectivity index (χ0n) is 2.47. The third-order valence-electron chi connectivity index (χ3n) is 0. The summed E-state index contributed by atoms with van der Waals surface area (Å²) >= 11 is 2.38. The fourth-order valence-electron chi connectivity index (χ4n) is 0. The standard InChI is InChI=1S/CH4N2Se.FH/c2-1(3)4;/h(H4,2,3,4);1H. The van der Waals surface area contributed by atoms with Crippen LogP contribution >= 0.6 is 0 Å². The molecule has 32 valence electrons. The van der Waals surface area contributed by atoms with Gasteiger partial charge in [0.05, 0.1) is 0 Å². The molecule has 4 heteroatoms. The molecule has 4 N–H and O–H groups in total. The first-order valence-corrected chi connectivity index (χ1v) is 1.64. The second-order valence-corrected chi connectivity index (χ2v) is 1.39. The summed E-state index contributed by atoms with van der Waals surface area (Å²) in [5.41, 5.74) is 9.50. The van der Waals surface area contributed by atoms with Gasteiger partial charge in [-0.3, -0.25) is 4.70 Å². The van der Waals surface area contributed by atoms with Crippen molar-refractivity contribution in [3.05, 3.63) is 0 Å². The Morgan fingerprint density at radius 2 is 1.40 bits per heavy atom. The zero-order valence-corrected chi connectivity index (χ0v) is 4.18. The molecule has 0 fully saturated rings. The van der Waals surface area contributed by atoms with Gasteiger partial charge in [0, 0.05) is 0 Å². The Bertz CT molecular complexity index is 32.6. The Kier molecular flexibility index (Phi) is 6.95. The second-order valence-electron chi connectivity index (χ2n) is 0.402. The van der Waals surface area contributed by atoms with Crippen molar-refractivity contribution in [3.8, 4) is 0 Å². The molecular weight excluding hydrogens is 138 g/mol. The molecule has 0 aliphatic heterocycles. The fraction of sp³-hybridized carbons (Fsp3) is 0. The van der Waals surface area contributed by atoms with Crippen LogP contribution in [0.1, 0.15) is 0 Å². The van der Waals surface area contributed by atoms with Crippen LogP contribution in [-0.4, -0.2) is 20.2 Å². The van der Waals surface area contributed by atoms with Crippen LogP contribution in [0.5, 0.6) is 0 Å². The summed E-state index contributed by atoms with van der Waals surface area (Å²) in [5, 5.41) is 0. The number of rotatable bonds is 0. The molecular formula is CH5FN2Se. The Morgan fingerprint density at radius 1 is 1.40 bits per heavy atom. The third kappa shape index (κ3) is 2230. The van der Waals surface area contributed by atoms with Crippen molar-refractivity contribution in [1.82, 2.24) is 0 Å². The predicted octanol–water partition coefficient (Wildman–Crippen LogP) is -1.69. The Labute approximate surface area is 37.2 Å². The van der Waals surface area contributed by atoms with Crippen LogP contribution < -0.4 is 11.5 Å². The van der Waals surface area contributed by atoms with Crippen molar-refractivity contribution in [3.63, 3.8) is 0 Å². The van der Waals surface area contributed by atoms with Crippen LogP contribution in [0.4, 0.5) is 4.70 Å². The van der Waals surface area contributed by atoms with Gasteiger partial charge in [-0.1, -0.05) is 0 Å². The molecule has 0 aromatic rings. The molecule has 0 saturated heterocycles. The van der Waals surface area contributed by atoms with Crippen LogP contribution in [0.15, 0.2) is 0 Å². The zero-order chi connectivity index (χ0) is 3.58. The first kappa shape index (κ1) is 8.87. The summed E-state index contributed by atoms with van der Waals surface area (Å²) in [6, 6.07) is 0. The van der Waals surface area contributed by atoms with Crippen molar-refractivity contribution >= 4 is 20.2 Å². The van der Waals surface area contributed by atoms with Gasteiger partial charge in [-0.25, -0.2) is 0 Å². The van der Waals surface area contributed by atoms with Crippen LogP contribution in [0, 0.1) is 0 Å². The van der Waals surface area contributed by atoms with Gasteiger partial charge in [0.15, 0.2) is 0 Å². The van der Waals surface area contributed by atoms with Gasteiger partial charge >= 0.3 is 31.7 Å². The van der Waals surface area contributed by atoms with E-state index in [1.54, 1.807) is 0 Å². The van der Waals surface area contributed by atoms with Gasteiger partial charge in [0.2, 0.25) is 0 Å². The van der Waals surface area contributed by atoms with Crippen LogP contribution in [0.2, 0.25) is 0 Å². The number of nitrogens with two attached hydrogens (primary N) is 2. The van der Waals surface area contributed by atoms with Gasteiger partial charge in [-0.15, -0.1) is 0 Å². The quantitative estimate of drug-likeness (QED) is 0.397. The SMILES string of the molecule is F.NC(N)=[Se]. The van der Waals surface area contributed by atoms with Crippen molar-refractivity contribution in [2.75, 3.05) is 0 Å². The fourth-order valence-corrected chi connectivity index (χ4v) is 0. The van der Waals surface area contributed by atoms with Crippen molar-refractivity contribution in [1.29, 1.82) is 0 Å². The molecule has 0 atom stereocenters. The summed E-state index contributed by atoms with van der Waals surface area (Å²) in [6.45, 7) is 0. The van der Waals surface area contributed by atoms with Gasteiger partial charge in [0.25, 0.3) is 0 Å². The van der Waals surface area contributed by atoms with E-state index in [4.69, 9.17) is 11.5 Å². The second kappa shape index (κ2) is 3.92. The van der Waals surface area contributed by atoms with Gasteiger partial charge in [0.1, 0.15) is 0 Å². The van der Waals surface area contributed by atoms with E-state index in [0.717, 1.165) is 0 Å². The van der Waals surface area contributed by atoms with Gasteiger partial charge in [-0.2, -0.15) is 0 Å². The van der Waals surface area contributed by atoms with Gasteiger partial charge < -0.3 is 0 Å². The van der Waals surface area contributed by atoms with Crippen molar-refractivity contribution < 1.29 is 4.70 Å². The maximum atomic E-state index is 4.75. The molecule has 0 saturated carbocycles. The van der Waals surface area contributed by atoms with E-state index in [1.807, 2.05) is 0 Å². The van der Waals surface area contributed by atoms with E-state index in [9.17, 15) is 0 Å². The van der Waals surface area contributed by atoms with Crippen LogP contribution in [0.3, 0.4) is 0 Å². The maximum absolute atomic E-state index is 4.75. The first-order valence-electron chi connectivity index (χ1n) is 0.781. The van der Waals surface area contributed by atoms with E-state index in [2.05, 4.69) is 15.6 Å². The molecule has 5 heavy (non-hydrogen) atoms. The average Bonchev–Trinajstić information content (AvgIpc) is 0.811. The van der Waals surface area contributed by atoms with E-state index < -0.39 is 0 Å². The molecule has 0 aliphatic rings. The molecule has 0 amide bonds. The molecule has 0 radical (unpaired) electrons. The summed E-state index contributed by atoms with van der Waals surface area (Å²) in [6.07, 6.45) is 0. The van der Waals surface area contributed by atoms with Crippen molar-refractivity contribution in [2.45, 2.75) is 0 Å². The monoisotopic (exact) mass is 144 g/mol. The predicted molar refractivity (Wildman–Crippen MR) is 21.6 cm³/mol. The molecule has 0 bridgehead atoms. The average molecular weight is 143 g/mol. The molecule has 0 unspecified atom stereocenters. The Balaban J connectivity index is 0. The van der Waals surface area contributed by atoms with Crippen molar-refractivity contribution in [2.24, 2.45) is 11.5 Å². The van der Waals surface area contributed by atoms with E-state index in [0.29, 0.717) is 4.67 Å². The molecule has 0 aromatic carbocycles. The molecule has 2 nitrogen and oxygen atoms in total. The normalized spacial score (nSPS) is 4.80. The number of hydrogen-bond acceptors (Lipinski definition) is 2. The van der Waals surface area contributed by atoms with Crippen LogP contribution in [0.25, 0.3) is 0 Å². The molecule has 0 rings (SSSR count). The summed E-state index contributed by atoms with van der Waals surface area (Å²) < 4.78 is 0.292. The van der Waals surface area contributed by atoms with E-state index in [1.165, 1.54) is 0 Å². The summed E-state index contributed by atoms with van der Waals surface area (Å²) in [7, 11) is 0. The third-order valence-corrected chi connectivity index (χ3v) is 0. The van der Waals surface area contributed by atoms with Crippen LogP contribution in [-0.2, 0) is 0 Å². The molecule has 0 heterocycles. The van der Waals surface area contributed by atoms with Gasteiger partial charge in [-0.05, 0) is 0 Å². The summed E-state index contributed by atoms with van der Waals surface area (Å²) in [4.78, 5) is 0. The van der Waals surface area contributed by atoms with E-state index >= 15 is 0 Å². The minimum atomic E-state index is 0. The Morgan fingerprint density at radius 3 is 1.40 bits per heavy atom. The van der Waals surface area contributed by atoms with E-state index in [-0.39, 0.29) is 4.70 Å². The number of halogens is 1. The molecule has 0 aromatic heterocycles. The topological polar surface area (TPSA) is 52.0 Å². The molecule has 0 aliphatic carbocycles.